The highest BCUT2D eigenvalue weighted by molar-refractivity contribution is 6.33. The highest BCUT2D eigenvalue weighted by atomic mass is 35.5. The minimum absolute atomic E-state index is 0.675. The van der Waals surface area contributed by atoms with Gasteiger partial charge in [0.25, 0.3) is 0 Å². The minimum atomic E-state index is 0.675. The van der Waals surface area contributed by atoms with Crippen LogP contribution in [-0.2, 0) is 0 Å². The molecule has 0 aliphatic rings. The van der Waals surface area contributed by atoms with Gasteiger partial charge in [0.05, 0.1) is 34.3 Å². The van der Waals surface area contributed by atoms with Gasteiger partial charge in [0, 0.05) is 0 Å². The molecule has 0 saturated heterocycles. The van der Waals surface area contributed by atoms with Crippen molar-refractivity contribution in [1.29, 1.82) is 0 Å². The first-order valence-corrected chi connectivity index (χ1v) is 7.76. The van der Waals surface area contributed by atoms with Crippen molar-refractivity contribution < 1.29 is 0 Å². The largest absolute Gasteiger partial charge is 0.337 e. The molecule has 0 radical (unpaired) electrons. The molecule has 1 N–H and O–H groups in total. The summed E-state index contributed by atoms with van der Waals surface area (Å²) >= 11 is 6.33. The molecule has 5 heteroatoms. The number of halogens is 1. The van der Waals surface area contributed by atoms with E-state index >= 15 is 0 Å². The average Bonchev–Trinajstić information content (AvgIpc) is 3.01. The summed E-state index contributed by atoms with van der Waals surface area (Å²) in [5.41, 5.74) is 6.00. The van der Waals surface area contributed by atoms with Gasteiger partial charge in [0.15, 0.2) is 5.82 Å². The Balaban J connectivity index is 1.96. The van der Waals surface area contributed by atoms with Crippen LogP contribution in [0.5, 0.6) is 0 Å². The fourth-order valence-corrected chi connectivity index (χ4v) is 3.03. The van der Waals surface area contributed by atoms with Crippen LogP contribution >= 0.6 is 11.6 Å². The van der Waals surface area contributed by atoms with E-state index in [4.69, 9.17) is 16.6 Å². The number of benzene rings is 2. The molecule has 0 atom stereocenters. The molecular weight excluding hydrogens is 308 g/mol. The van der Waals surface area contributed by atoms with Gasteiger partial charge in [-0.2, -0.15) is 0 Å². The normalized spacial score (nSPS) is 11.3. The number of hydrogen-bond donors (Lipinski definition) is 1. The van der Waals surface area contributed by atoms with Crippen molar-refractivity contribution in [1.82, 2.24) is 14.4 Å². The second-order valence-corrected chi connectivity index (χ2v) is 6.07. The van der Waals surface area contributed by atoms with Gasteiger partial charge in [-0.3, -0.25) is 4.40 Å². The van der Waals surface area contributed by atoms with Gasteiger partial charge in [-0.05, 0) is 43.2 Å². The smallest absolute Gasteiger partial charge is 0.157 e. The zero-order valence-electron chi connectivity index (χ0n) is 12.8. The van der Waals surface area contributed by atoms with E-state index in [1.54, 1.807) is 0 Å². The summed E-state index contributed by atoms with van der Waals surface area (Å²) in [6.45, 7) is 4.09. The summed E-state index contributed by atoms with van der Waals surface area (Å²) < 4.78 is 2.05. The van der Waals surface area contributed by atoms with Gasteiger partial charge < -0.3 is 5.32 Å². The van der Waals surface area contributed by atoms with E-state index in [-0.39, 0.29) is 0 Å². The summed E-state index contributed by atoms with van der Waals surface area (Å²) in [6, 6.07) is 12.0. The number of aryl methyl sites for hydroxylation is 2. The Morgan fingerprint density at radius 1 is 1.09 bits per heavy atom. The van der Waals surface area contributed by atoms with E-state index in [1.165, 1.54) is 5.56 Å². The van der Waals surface area contributed by atoms with Crippen LogP contribution < -0.4 is 5.32 Å². The van der Waals surface area contributed by atoms with Gasteiger partial charge in [-0.15, -0.1) is 0 Å². The van der Waals surface area contributed by atoms with Crippen molar-refractivity contribution in [2.45, 2.75) is 13.8 Å². The highest BCUT2D eigenvalue weighted by Crippen LogP contribution is 2.31. The van der Waals surface area contributed by atoms with Crippen molar-refractivity contribution in [3.05, 3.63) is 65.1 Å². The number of aromatic nitrogens is 3. The maximum Gasteiger partial charge on any atom is 0.157 e. The van der Waals surface area contributed by atoms with E-state index < -0.39 is 0 Å². The van der Waals surface area contributed by atoms with Crippen molar-refractivity contribution in [2.75, 3.05) is 5.32 Å². The Labute approximate surface area is 138 Å². The molecule has 4 nitrogen and oxygen atoms in total. The molecule has 0 fully saturated rings. The SMILES string of the molecule is Cc1ccc2nc(Nc3c(C)cccc3Cl)c3cncn3c2c1. The van der Waals surface area contributed by atoms with E-state index in [0.717, 1.165) is 33.6 Å². The lowest BCUT2D eigenvalue weighted by atomic mass is 10.2. The van der Waals surface area contributed by atoms with Crippen LogP contribution in [0.4, 0.5) is 11.5 Å². The number of anilines is 2. The number of nitrogens with one attached hydrogen (secondary N) is 1. The van der Waals surface area contributed by atoms with E-state index in [2.05, 4.69) is 29.4 Å². The first kappa shape index (κ1) is 14.0. The fraction of sp³-hybridized carbons (Fsp3) is 0.111. The maximum atomic E-state index is 6.33. The van der Waals surface area contributed by atoms with E-state index in [9.17, 15) is 0 Å². The van der Waals surface area contributed by atoms with Crippen LogP contribution in [0.25, 0.3) is 16.6 Å². The number of rotatable bonds is 2. The zero-order chi connectivity index (χ0) is 16.0. The predicted octanol–water partition coefficient (Wildman–Crippen LogP) is 4.90. The number of fused-ring (bicyclic) bond motifs is 3. The van der Waals surface area contributed by atoms with E-state index in [1.807, 2.05) is 48.1 Å². The van der Waals surface area contributed by atoms with Crippen LogP contribution in [0.1, 0.15) is 11.1 Å². The number of para-hydroxylation sites is 1. The summed E-state index contributed by atoms with van der Waals surface area (Å²) in [5, 5.41) is 4.05. The van der Waals surface area contributed by atoms with Gasteiger partial charge in [0.1, 0.15) is 5.52 Å². The summed E-state index contributed by atoms with van der Waals surface area (Å²) in [4.78, 5) is 9.04. The standard InChI is InChI=1S/C18H15ClN4/c1-11-6-7-14-15(8-11)23-10-20-9-16(23)18(21-14)22-17-12(2)4-3-5-13(17)19/h3-10H,1-2H3,(H,21,22). The lowest BCUT2D eigenvalue weighted by Crippen LogP contribution is -2.01. The molecule has 0 aliphatic carbocycles. The number of nitrogens with zero attached hydrogens (tertiary/aromatic N) is 3. The Hall–Kier alpha value is -2.59. The average molecular weight is 323 g/mol. The molecule has 2 heterocycles. The van der Waals surface area contributed by atoms with Crippen LogP contribution in [-0.4, -0.2) is 14.4 Å². The van der Waals surface area contributed by atoms with Crippen LogP contribution in [0.3, 0.4) is 0 Å². The van der Waals surface area contributed by atoms with Crippen LogP contribution in [0, 0.1) is 13.8 Å². The summed E-state index contributed by atoms with van der Waals surface area (Å²) in [6.07, 6.45) is 3.62. The first-order chi connectivity index (χ1) is 11.1. The van der Waals surface area contributed by atoms with E-state index in [0.29, 0.717) is 5.02 Å². The van der Waals surface area contributed by atoms with Crippen molar-refractivity contribution in [3.8, 4) is 0 Å². The molecule has 0 amide bonds. The topological polar surface area (TPSA) is 42.2 Å². The van der Waals surface area contributed by atoms with Gasteiger partial charge >= 0.3 is 0 Å². The van der Waals surface area contributed by atoms with Gasteiger partial charge in [0.2, 0.25) is 0 Å². The third-order valence-corrected chi connectivity index (χ3v) is 4.28. The lowest BCUT2D eigenvalue weighted by molar-refractivity contribution is 1.18. The second kappa shape index (κ2) is 5.25. The molecule has 0 saturated carbocycles. The van der Waals surface area contributed by atoms with Gasteiger partial charge in [-0.25, -0.2) is 9.97 Å². The van der Waals surface area contributed by atoms with Crippen molar-refractivity contribution in [2.24, 2.45) is 0 Å². The second-order valence-electron chi connectivity index (χ2n) is 5.66. The van der Waals surface area contributed by atoms with Crippen LogP contribution in [0.2, 0.25) is 5.02 Å². The number of imidazole rings is 1. The molecule has 4 rings (SSSR count). The molecule has 0 aliphatic heterocycles. The highest BCUT2D eigenvalue weighted by Gasteiger charge is 2.11. The quantitative estimate of drug-likeness (QED) is 0.571. The Kier molecular flexibility index (Phi) is 3.20. The summed E-state index contributed by atoms with van der Waals surface area (Å²) in [5.74, 6) is 0.745. The van der Waals surface area contributed by atoms with Gasteiger partial charge in [-0.1, -0.05) is 29.8 Å². The first-order valence-electron chi connectivity index (χ1n) is 7.38. The molecule has 4 aromatic rings. The lowest BCUT2D eigenvalue weighted by Gasteiger charge is -2.13. The Morgan fingerprint density at radius 3 is 2.78 bits per heavy atom. The molecule has 23 heavy (non-hydrogen) atoms. The molecule has 114 valence electrons. The third kappa shape index (κ3) is 2.32. The molecule has 2 aromatic heterocycles. The predicted molar refractivity (Wildman–Crippen MR) is 94.7 cm³/mol. The Bertz CT molecular complexity index is 1020. The maximum absolute atomic E-state index is 6.33. The fourth-order valence-electron chi connectivity index (χ4n) is 2.76. The molecule has 0 bridgehead atoms. The monoisotopic (exact) mass is 322 g/mol. The van der Waals surface area contributed by atoms with Crippen molar-refractivity contribution >= 4 is 39.7 Å². The number of hydrogen-bond acceptors (Lipinski definition) is 3. The minimum Gasteiger partial charge on any atom is -0.337 e. The summed E-state index contributed by atoms with van der Waals surface area (Å²) in [7, 11) is 0. The molecule has 0 unspecified atom stereocenters. The van der Waals surface area contributed by atoms with Crippen LogP contribution in [0.15, 0.2) is 48.9 Å². The Morgan fingerprint density at radius 2 is 1.96 bits per heavy atom. The molecule has 2 aromatic carbocycles. The van der Waals surface area contributed by atoms with Crippen molar-refractivity contribution in [3.63, 3.8) is 0 Å². The third-order valence-electron chi connectivity index (χ3n) is 3.97. The molecule has 0 spiro atoms. The molecular formula is C18H15ClN4. The zero-order valence-corrected chi connectivity index (χ0v) is 13.6.